The minimum Gasteiger partial charge on any atom is -0.480 e. The van der Waals surface area contributed by atoms with E-state index < -0.39 is 12.0 Å². The molecule has 0 aromatic carbocycles. The van der Waals surface area contributed by atoms with Gasteiger partial charge in [0.2, 0.25) is 5.91 Å². The van der Waals surface area contributed by atoms with Gasteiger partial charge in [-0.1, -0.05) is 19.8 Å². The summed E-state index contributed by atoms with van der Waals surface area (Å²) in [6.07, 6.45) is 4.03. The van der Waals surface area contributed by atoms with Gasteiger partial charge >= 0.3 is 5.97 Å². The Kier molecular flexibility index (Phi) is 5.25. The summed E-state index contributed by atoms with van der Waals surface area (Å²) in [7, 11) is 0. The third kappa shape index (κ3) is 3.81. The Balaban J connectivity index is 2.40. The maximum atomic E-state index is 11.7. The highest BCUT2D eigenvalue weighted by molar-refractivity contribution is 5.87. The van der Waals surface area contributed by atoms with Gasteiger partial charge in [-0.25, -0.2) is 4.79 Å². The Morgan fingerprint density at radius 3 is 2.81 bits per heavy atom. The predicted octanol–water partition coefficient (Wildman–Crippen LogP) is 0.498. The van der Waals surface area contributed by atoms with Gasteiger partial charge in [0.25, 0.3) is 0 Å². The lowest BCUT2D eigenvalue weighted by Gasteiger charge is -2.17. The number of carbonyl (C=O) groups excluding carboxylic acids is 1. The van der Waals surface area contributed by atoms with E-state index in [0.717, 1.165) is 32.2 Å². The summed E-state index contributed by atoms with van der Waals surface area (Å²) < 4.78 is 0. The molecule has 5 heteroatoms. The molecular weight excluding hydrogens is 208 g/mol. The van der Waals surface area contributed by atoms with E-state index in [2.05, 4.69) is 10.6 Å². The van der Waals surface area contributed by atoms with E-state index in [-0.39, 0.29) is 11.9 Å². The standard InChI is InChI=1S/C11H20N2O3/c1-2-3-5-9(11(15)16)13-10(14)8-6-4-7-12-8/h8-9,12H,2-7H2,1H3,(H,13,14)(H,15,16). The van der Waals surface area contributed by atoms with Crippen molar-refractivity contribution in [2.45, 2.75) is 51.1 Å². The molecule has 1 rings (SSSR count). The average Bonchev–Trinajstić information content (AvgIpc) is 2.76. The fourth-order valence-electron chi connectivity index (χ4n) is 1.85. The second-order valence-corrected chi connectivity index (χ2v) is 4.19. The lowest BCUT2D eigenvalue weighted by atomic mass is 10.1. The summed E-state index contributed by atoms with van der Waals surface area (Å²) >= 11 is 0. The molecule has 92 valence electrons. The molecule has 1 saturated heterocycles. The van der Waals surface area contributed by atoms with Crippen LogP contribution in [0.1, 0.15) is 39.0 Å². The molecule has 0 bridgehead atoms. The SMILES string of the molecule is CCCCC(NC(=O)C1CCCN1)C(=O)O. The monoisotopic (exact) mass is 228 g/mol. The molecule has 1 aliphatic rings. The minimum absolute atomic E-state index is 0.180. The number of hydrogen-bond donors (Lipinski definition) is 3. The van der Waals surface area contributed by atoms with Crippen molar-refractivity contribution in [3.8, 4) is 0 Å². The van der Waals surface area contributed by atoms with Crippen LogP contribution in [0.3, 0.4) is 0 Å². The third-order valence-electron chi connectivity index (χ3n) is 2.84. The summed E-state index contributed by atoms with van der Waals surface area (Å²) in [4.78, 5) is 22.6. The number of rotatable bonds is 6. The Labute approximate surface area is 95.6 Å². The molecule has 1 heterocycles. The van der Waals surface area contributed by atoms with Crippen LogP contribution < -0.4 is 10.6 Å². The highest BCUT2D eigenvalue weighted by Gasteiger charge is 2.26. The number of aliphatic carboxylic acids is 1. The molecule has 0 saturated carbocycles. The van der Waals surface area contributed by atoms with Crippen LogP contribution in [0.5, 0.6) is 0 Å². The van der Waals surface area contributed by atoms with Crippen LogP contribution in [0.25, 0.3) is 0 Å². The molecule has 0 aromatic heterocycles. The fourth-order valence-corrected chi connectivity index (χ4v) is 1.85. The first-order chi connectivity index (χ1) is 7.65. The van der Waals surface area contributed by atoms with Gasteiger partial charge < -0.3 is 15.7 Å². The molecule has 1 aliphatic heterocycles. The summed E-state index contributed by atoms with van der Waals surface area (Å²) in [6.45, 7) is 2.84. The first-order valence-corrected chi connectivity index (χ1v) is 5.91. The van der Waals surface area contributed by atoms with Gasteiger partial charge in [0.05, 0.1) is 6.04 Å². The topological polar surface area (TPSA) is 78.4 Å². The molecule has 0 spiro atoms. The maximum Gasteiger partial charge on any atom is 0.326 e. The van der Waals surface area contributed by atoms with Crippen LogP contribution >= 0.6 is 0 Å². The van der Waals surface area contributed by atoms with E-state index in [1.54, 1.807) is 0 Å². The Bertz CT molecular complexity index is 250. The zero-order chi connectivity index (χ0) is 12.0. The van der Waals surface area contributed by atoms with Crippen molar-refractivity contribution < 1.29 is 14.7 Å². The molecule has 0 aromatic rings. The number of hydrogen-bond acceptors (Lipinski definition) is 3. The number of carbonyl (C=O) groups is 2. The second-order valence-electron chi connectivity index (χ2n) is 4.19. The summed E-state index contributed by atoms with van der Waals surface area (Å²) in [6, 6.07) is -0.946. The number of carboxylic acids is 1. The van der Waals surface area contributed by atoms with Gasteiger partial charge in [0.15, 0.2) is 0 Å². The highest BCUT2D eigenvalue weighted by atomic mass is 16.4. The number of unbranched alkanes of at least 4 members (excludes halogenated alkanes) is 1. The van der Waals surface area contributed by atoms with E-state index in [1.807, 2.05) is 6.92 Å². The van der Waals surface area contributed by atoms with Gasteiger partial charge in [0, 0.05) is 0 Å². The van der Waals surface area contributed by atoms with Crippen molar-refractivity contribution in [2.24, 2.45) is 0 Å². The first kappa shape index (κ1) is 13.0. The summed E-state index contributed by atoms with van der Waals surface area (Å²) in [5.74, 6) is -1.12. The Morgan fingerprint density at radius 2 is 2.31 bits per heavy atom. The van der Waals surface area contributed by atoms with Crippen molar-refractivity contribution in [3.63, 3.8) is 0 Å². The van der Waals surface area contributed by atoms with Crippen molar-refractivity contribution in [1.82, 2.24) is 10.6 Å². The quantitative estimate of drug-likeness (QED) is 0.618. The van der Waals surface area contributed by atoms with Crippen LogP contribution in [0.15, 0.2) is 0 Å². The average molecular weight is 228 g/mol. The molecule has 1 fully saturated rings. The molecule has 0 aliphatic carbocycles. The zero-order valence-electron chi connectivity index (χ0n) is 9.66. The van der Waals surface area contributed by atoms with Crippen molar-refractivity contribution in [2.75, 3.05) is 6.54 Å². The summed E-state index contributed by atoms with van der Waals surface area (Å²) in [5, 5.41) is 14.6. The van der Waals surface area contributed by atoms with E-state index in [1.165, 1.54) is 0 Å². The Hall–Kier alpha value is -1.10. The second kappa shape index (κ2) is 6.48. The number of carboxylic acid groups (broad SMARTS) is 1. The molecular formula is C11H20N2O3. The van der Waals surface area contributed by atoms with Crippen molar-refractivity contribution in [1.29, 1.82) is 0 Å². The van der Waals surface area contributed by atoms with E-state index in [0.29, 0.717) is 6.42 Å². The van der Waals surface area contributed by atoms with E-state index in [9.17, 15) is 9.59 Å². The van der Waals surface area contributed by atoms with Gasteiger partial charge in [-0.05, 0) is 25.8 Å². The molecule has 5 nitrogen and oxygen atoms in total. The normalized spacial score (nSPS) is 21.7. The molecule has 0 radical (unpaired) electrons. The highest BCUT2D eigenvalue weighted by Crippen LogP contribution is 2.07. The van der Waals surface area contributed by atoms with Crippen LogP contribution in [-0.2, 0) is 9.59 Å². The predicted molar refractivity (Wildman–Crippen MR) is 60.1 cm³/mol. The Morgan fingerprint density at radius 1 is 1.56 bits per heavy atom. The van der Waals surface area contributed by atoms with Gasteiger partial charge in [-0.2, -0.15) is 0 Å². The zero-order valence-corrected chi connectivity index (χ0v) is 9.66. The van der Waals surface area contributed by atoms with Crippen LogP contribution in [0.2, 0.25) is 0 Å². The molecule has 2 unspecified atom stereocenters. The molecule has 2 atom stereocenters. The van der Waals surface area contributed by atoms with Crippen molar-refractivity contribution in [3.05, 3.63) is 0 Å². The number of nitrogens with one attached hydrogen (secondary N) is 2. The molecule has 3 N–H and O–H groups in total. The first-order valence-electron chi connectivity index (χ1n) is 5.91. The van der Waals surface area contributed by atoms with E-state index >= 15 is 0 Å². The largest absolute Gasteiger partial charge is 0.480 e. The minimum atomic E-state index is -0.945. The summed E-state index contributed by atoms with van der Waals surface area (Å²) in [5.41, 5.74) is 0. The van der Waals surface area contributed by atoms with Crippen LogP contribution in [0, 0.1) is 0 Å². The van der Waals surface area contributed by atoms with Gasteiger partial charge in [0.1, 0.15) is 6.04 Å². The van der Waals surface area contributed by atoms with Crippen LogP contribution in [0.4, 0.5) is 0 Å². The molecule has 1 amide bonds. The maximum absolute atomic E-state index is 11.7. The van der Waals surface area contributed by atoms with E-state index in [4.69, 9.17) is 5.11 Å². The smallest absolute Gasteiger partial charge is 0.326 e. The van der Waals surface area contributed by atoms with Gasteiger partial charge in [-0.3, -0.25) is 4.79 Å². The third-order valence-corrected chi connectivity index (χ3v) is 2.84. The number of amides is 1. The lowest BCUT2D eigenvalue weighted by Crippen LogP contribution is -2.48. The molecule has 16 heavy (non-hydrogen) atoms. The van der Waals surface area contributed by atoms with Crippen LogP contribution in [-0.4, -0.2) is 35.6 Å². The van der Waals surface area contributed by atoms with Crippen molar-refractivity contribution >= 4 is 11.9 Å². The lowest BCUT2D eigenvalue weighted by molar-refractivity contribution is -0.142. The fraction of sp³-hybridized carbons (Fsp3) is 0.818. The van der Waals surface area contributed by atoms with Gasteiger partial charge in [-0.15, -0.1) is 0 Å².